The van der Waals surface area contributed by atoms with E-state index in [4.69, 9.17) is 21.3 Å². The van der Waals surface area contributed by atoms with Gasteiger partial charge in [0, 0.05) is 19.0 Å². The molecule has 4 rings (SSSR count). The van der Waals surface area contributed by atoms with Crippen molar-refractivity contribution in [3.63, 3.8) is 0 Å². The molecule has 0 spiro atoms. The van der Waals surface area contributed by atoms with Crippen molar-refractivity contribution in [2.75, 3.05) is 25.0 Å². The number of piperidine rings is 1. The molecule has 1 aliphatic heterocycles. The second-order valence-corrected chi connectivity index (χ2v) is 8.09. The predicted octanol–water partition coefficient (Wildman–Crippen LogP) is 4.57. The lowest BCUT2D eigenvalue weighted by atomic mass is 10.1. The third-order valence-electron chi connectivity index (χ3n) is 5.03. The lowest BCUT2D eigenvalue weighted by molar-refractivity contribution is 0.231. The highest BCUT2D eigenvalue weighted by Gasteiger charge is 2.15. The molecule has 154 valence electrons. The van der Waals surface area contributed by atoms with Gasteiger partial charge in [0.05, 0.1) is 28.8 Å². The molecule has 3 heterocycles. The van der Waals surface area contributed by atoms with Gasteiger partial charge in [0.2, 0.25) is 5.95 Å². The lowest BCUT2D eigenvalue weighted by Crippen LogP contribution is -2.31. The number of nitrogens with one attached hydrogen (secondary N) is 2. The van der Waals surface area contributed by atoms with Gasteiger partial charge in [0.25, 0.3) is 0 Å². The van der Waals surface area contributed by atoms with E-state index in [0.29, 0.717) is 16.6 Å². The van der Waals surface area contributed by atoms with Gasteiger partial charge < -0.3 is 19.9 Å². The molecule has 0 unspecified atom stereocenters. The summed E-state index contributed by atoms with van der Waals surface area (Å²) in [7, 11) is 0. The minimum atomic E-state index is 0.0951. The Morgan fingerprint density at radius 1 is 1.21 bits per heavy atom. The molecule has 1 aromatic carbocycles. The summed E-state index contributed by atoms with van der Waals surface area (Å²) in [5, 5.41) is 3.79. The van der Waals surface area contributed by atoms with Crippen molar-refractivity contribution in [1.82, 2.24) is 24.8 Å². The molecule has 29 heavy (non-hydrogen) atoms. The van der Waals surface area contributed by atoms with Crippen molar-refractivity contribution in [3.8, 4) is 5.75 Å². The monoisotopic (exact) mass is 414 g/mol. The summed E-state index contributed by atoms with van der Waals surface area (Å²) >= 11 is 6.44. The highest BCUT2D eigenvalue weighted by Crippen LogP contribution is 2.29. The molecule has 0 radical (unpaired) electrons. The lowest BCUT2D eigenvalue weighted by Gasteiger charge is -2.26. The van der Waals surface area contributed by atoms with Gasteiger partial charge in [-0.15, -0.1) is 0 Å². The maximum Gasteiger partial charge on any atom is 0.229 e. The van der Waals surface area contributed by atoms with Crippen LogP contribution in [0.15, 0.2) is 24.5 Å². The van der Waals surface area contributed by atoms with E-state index >= 15 is 0 Å². The van der Waals surface area contributed by atoms with E-state index in [-0.39, 0.29) is 6.10 Å². The number of rotatable bonds is 7. The summed E-state index contributed by atoms with van der Waals surface area (Å²) in [5.41, 5.74) is 3.27. The fourth-order valence-electron chi connectivity index (χ4n) is 3.64. The second kappa shape index (κ2) is 8.97. The van der Waals surface area contributed by atoms with Crippen LogP contribution < -0.4 is 10.1 Å². The van der Waals surface area contributed by atoms with Gasteiger partial charge in [-0.3, -0.25) is 0 Å². The molecule has 8 heteroatoms. The molecule has 0 saturated carbocycles. The average Bonchev–Trinajstić information content (AvgIpc) is 3.17. The van der Waals surface area contributed by atoms with Crippen LogP contribution >= 0.6 is 11.6 Å². The van der Waals surface area contributed by atoms with Crippen LogP contribution in [0.3, 0.4) is 0 Å². The number of aromatic amines is 1. The van der Waals surface area contributed by atoms with Crippen molar-refractivity contribution in [3.05, 3.63) is 35.2 Å². The Morgan fingerprint density at radius 2 is 2.03 bits per heavy atom. The number of fused-ring (bicyclic) bond motifs is 1. The number of hydrogen-bond donors (Lipinski definition) is 2. The van der Waals surface area contributed by atoms with E-state index < -0.39 is 0 Å². The number of H-pyrrole nitrogens is 1. The molecule has 1 saturated heterocycles. The first-order valence-electron chi connectivity index (χ1n) is 10.2. The number of imidazole rings is 1. The number of likely N-dealkylation sites (tertiary alicyclic amines) is 1. The van der Waals surface area contributed by atoms with Crippen molar-refractivity contribution in [1.29, 1.82) is 0 Å². The Bertz CT molecular complexity index is 967. The van der Waals surface area contributed by atoms with Gasteiger partial charge in [-0.05, 0) is 51.9 Å². The number of benzene rings is 1. The molecule has 3 aromatic rings. The Kier molecular flexibility index (Phi) is 6.16. The molecular formula is C21H27ClN6O. The Morgan fingerprint density at radius 3 is 2.79 bits per heavy atom. The number of anilines is 2. The number of nitrogens with zero attached hydrogens (tertiary/aromatic N) is 4. The van der Waals surface area contributed by atoms with E-state index in [9.17, 15) is 0 Å². The second-order valence-electron chi connectivity index (χ2n) is 7.68. The quantitative estimate of drug-likeness (QED) is 0.589. The van der Waals surface area contributed by atoms with Gasteiger partial charge in [-0.25, -0.2) is 9.97 Å². The smallest absolute Gasteiger partial charge is 0.229 e. The summed E-state index contributed by atoms with van der Waals surface area (Å²) < 4.78 is 5.69. The maximum atomic E-state index is 6.44. The zero-order chi connectivity index (χ0) is 20.2. The summed E-state index contributed by atoms with van der Waals surface area (Å²) in [5.74, 6) is 1.24. The fourth-order valence-corrected chi connectivity index (χ4v) is 3.86. The van der Waals surface area contributed by atoms with Crippen LogP contribution in [0.4, 0.5) is 11.6 Å². The van der Waals surface area contributed by atoms with Gasteiger partial charge in [-0.2, -0.15) is 4.98 Å². The highest BCUT2D eigenvalue weighted by atomic mass is 35.5. The van der Waals surface area contributed by atoms with Crippen LogP contribution in [0.2, 0.25) is 5.02 Å². The Hall–Kier alpha value is -2.38. The third-order valence-corrected chi connectivity index (χ3v) is 5.35. The molecule has 2 N–H and O–H groups in total. The van der Waals surface area contributed by atoms with E-state index in [1.54, 1.807) is 12.4 Å². The molecule has 0 amide bonds. The summed E-state index contributed by atoms with van der Waals surface area (Å²) in [6, 6.07) is 5.57. The van der Waals surface area contributed by atoms with Crippen LogP contribution in [0.25, 0.3) is 11.2 Å². The SMILES string of the molecule is CC(C)Oc1ccc(Nc2nc(CCN3CCCCC3)c3[nH]cnc3n2)c(Cl)c1. The number of hydrogen-bond acceptors (Lipinski definition) is 6. The van der Waals surface area contributed by atoms with Crippen LogP contribution in [0.1, 0.15) is 38.8 Å². The number of aromatic nitrogens is 4. The molecule has 1 aliphatic rings. The van der Waals surface area contributed by atoms with Gasteiger partial charge in [0.1, 0.15) is 11.3 Å². The topological polar surface area (TPSA) is 79.0 Å². The predicted molar refractivity (Wildman–Crippen MR) is 116 cm³/mol. The van der Waals surface area contributed by atoms with Crippen molar-refractivity contribution < 1.29 is 4.74 Å². The van der Waals surface area contributed by atoms with Crippen LogP contribution in [0.5, 0.6) is 5.75 Å². The first kappa shape index (κ1) is 19.9. The number of ether oxygens (including phenoxy) is 1. The van der Waals surface area contributed by atoms with Gasteiger partial charge in [-0.1, -0.05) is 18.0 Å². The average molecular weight is 415 g/mol. The minimum Gasteiger partial charge on any atom is -0.491 e. The normalized spacial score (nSPS) is 15.2. The Labute approximate surface area is 175 Å². The van der Waals surface area contributed by atoms with E-state index in [0.717, 1.165) is 35.6 Å². The van der Waals surface area contributed by atoms with Crippen LogP contribution in [-0.4, -0.2) is 50.6 Å². The highest BCUT2D eigenvalue weighted by molar-refractivity contribution is 6.33. The molecular weight excluding hydrogens is 388 g/mol. The molecule has 0 bridgehead atoms. The van der Waals surface area contributed by atoms with E-state index in [1.165, 1.54) is 32.4 Å². The minimum absolute atomic E-state index is 0.0951. The zero-order valence-corrected chi connectivity index (χ0v) is 17.7. The molecule has 0 atom stereocenters. The van der Waals surface area contributed by atoms with Gasteiger partial charge >= 0.3 is 0 Å². The molecule has 7 nitrogen and oxygen atoms in total. The molecule has 2 aromatic heterocycles. The van der Waals surface area contributed by atoms with Crippen molar-refractivity contribution in [2.45, 2.75) is 45.6 Å². The summed E-state index contributed by atoms with van der Waals surface area (Å²) in [6.07, 6.45) is 6.52. The first-order chi connectivity index (χ1) is 14.1. The van der Waals surface area contributed by atoms with E-state index in [2.05, 4.69) is 25.2 Å². The van der Waals surface area contributed by atoms with Crippen LogP contribution in [0, 0.1) is 0 Å². The number of halogens is 1. The van der Waals surface area contributed by atoms with Crippen molar-refractivity contribution in [2.24, 2.45) is 0 Å². The van der Waals surface area contributed by atoms with Crippen molar-refractivity contribution >= 4 is 34.4 Å². The standard InChI is InChI=1S/C21H27ClN6O/c1-14(2)29-15-6-7-17(16(22)12-15)25-21-26-18(19-20(27-21)24-13-23-19)8-11-28-9-4-3-5-10-28/h6-7,12-14H,3-5,8-11H2,1-2H3,(H2,23,24,25,26,27). The summed E-state index contributed by atoms with van der Waals surface area (Å²) in [6.45, 7) is 7.30. The first-order valence-corrected chi connectivity index (χ1v) is 10.6. The van der Waals surface area contributed by atoms with E-state index in [1.807, 2.05) is 26.0 Å². The fraction of sp³-hybridized carbons (Fsp3) is 0.476. The van der Waals surface area contributed by atoms with Crippen LogP contribution in [-0.2, 0) is 6.42 Å². The summed E-state index contributed by atoms with van der Waals surface area (Å²) in [4.78, 5) is 19.3. The third kappa shape index (κ3) is 4.97. The molecule has 1 fully saturated rings. The Balaban J connectivity index is 1.53. The zero-order valence-electron chi connectivity index (χ0n) is 16.9. The van der Waals surface area contributed by atoms with Gasteiger partial charge in [0.15, 0.2) is 5.65 Å². The maximum absolute atomic E-state index is 6.44. The largest absolute Gasteiger partial charge is 0.491 e. The molecule has 0 aliphatic carbocycles.